The van der Waals surface area contributed by atoms with Gasteiger partial charge in [0.15, 0.2) is 0 Å². The van der Waals surface area contributed by atoms with E-state index >= 15 is 0 Å². The molecule has 0 saturated carbocycles. The molecule has 1 aliphatic carbocycles. The molecule has 2 aliphatic rings. The Kier molecular flexibility index (Phi) is 3.49. The number of hydrogen-bond donors (Lipinski definition) is 0. The van der Waals surface area contributed by atoms with Gasteiger partial charge in [-0.25, -0.2) is 0 Å². The molecule has 5 heteroatoms. The normalized spacial score (nSPS) is 26.9. The molecule has 3 rings (SSSR count). The topological polar surface area (TPSA) is 27.7 Å². The zero-order chi connectivity index (χ0) is 14.5. The maximum absolute atomic E-state index is 6.18. The Hall–Kier alpha value is -0.405. The highest BCUT2D eigenvalue weighted by Crippen LogP contribution is 2.39. The molecule has 2 unspecified atom stereocenters. The summed E-state index contributed by atoms with van der Waals surface area (Å²) in [6.45, 7) is 8.35. The zero-order valence-electron chi connectivity index (χ0n) is 12.6. The molecule has 1 saturated heterocycles. The smallest absolute Gasteiger partial charge is 0.399 e. The van der Waals surface area contributed by atoms with E-state index in [4.69, 9.17) is 13.8 Å². The van der Waals surface area contributed by atoms with Crippen LogP contribution >= 0.6 is 9.47 Å². The minimum atomic E-state index is -0.296. The minimum Gasteiger partial charge on any atom is -0.399 e. The lowest BCUT2D eigenvalue weighted by Crippen LogP contribution is -2.41. The largest absolute Gasteiger partial charge is 0.495 e. The molecule has 0 aromatic heterocycles. The number of benzene rings is 1. The van der Waals surface area contributed by atoms with E-state index in [-0.39, 0.29) is 24.4 Å². The first-order valence-corrected chi connectivity index (χ1v) is 7.66. The summed E-state index contributed by atoms with van der Waals surface area (Å²) in [6, 6.07) is 6.33. The van der Waals surface area contributed by atoms with E-state index in [9.17, 15) is 0 Å². The average molecular weight is 292 g/mol. The Morgan fingerprint density at radius 1 is 1.20 bits per heavy atom. The van der Waals surface area contributed by atoms with Crippen molar-refractivity contribution in [1.29, 1.82) is 0 Å². The van der Waals surface area contributed by atoms with Gasteiger partial charge in [0.05, 0.1) is 17.3 Å². The summed E-state index contributed by atoms with van der Waals surface area (Å²) < 4.78 is 17.8. The molecule has 108 valence electrons. The third kappa shape index (κ3) is 2.14. The van der Waals surface area contributed by atoms with Crippen LogP contribution < -0.4 is 5.46 Å². The van der Waals surface area contributed by atoms with Gasteiger partial charge in [0, 0.05) is 9.47 Å². The fourth-order valence-electron chi connectivity index (χ4n) is 2.98. The van der Waals surface area contributed by atoms with Crippen molar-refractivity contribution < 1.29 is 13.8 Å². The van der Waals surface area contributed by atoms with E-state index < -0.39 is 0 Å². The van der Waals surface area contributed by atoms with Gasteiger partial charge in [-0.1, -0.05) is 18.2 Å². The SMILES string of the molecule is CC1(C)OB(c2cccc3c2CCC3OP)OC1(C)C. The number of fused-ring (bicyclic) bond motifs is 1. The Labute approximate surface area is 123 Å². The third-order valence-electron chi connectivity index (χ3n) is 4.92. The highest BCUT2D eigenvalue weighted by atomic mass is 31.0. The van der Waals surface area contributed by atoms with Gasteiger partial charge in [-0.3, -0.25) is 0 Å². The van der Waals surface area contributed by atoms with Gasteiger partial charge in [-0.15, -0.1) is 0 Å². The van der Waals surface area contributed by atoms with Crippen molar-refractivity contribution in [3.63, 3.8) is 0 Å². The van der Waals surface area contributed by atoms with Crippen molar-refractivity contribution in [3.05, 3.63) is 29.3 Å². The van der Waals surface area contributed by atoms with Gasteiger partial charge < -0.3 is 13.8 Å². The maximum Gasteiger partial charge on any atom is 0.495 e. The first-order valence-electron chi connectivity index (χ1n) is 7.18. The second kappa shape index (κ2) is 4.81. The van der Waals surface area contributed by atoms with E-state index in [0.29, 0.717) is 0 Å². The monoisotopic (exact) mass is 292 g/mol. The molecular formula is C15H22BO3P. The Morgan fingerprint density at radius 2 is 1.85 bits per heavy atom. The molecule has 1 aromatic rings. The van der Waals surface area contributed by atoms with Gasteiger partial charge in [0.25, 0.3) is 0 Å². The van der Waals surface area contributed by atoms with Gasteiger partial charge in [0.1, 0.15) is 0 Å². The van der Waals surface area contributed by atoms with E-state index in [1.165, 1.54) is 11.1 Å². The van der Waals surface area contributed by atoms with Crippen molar-refractivity contribution in [2.75, 3.05) is 0 Å². The molecular weight excluding hydrogens is 270 g/mol. The van der Waals surface area contributed by atoms with E-state index in [2.05, 4.69) is 55.4 Å². The third-order valence-corrected chi connectivity index (χ3v) is 5.25. The van der Waals surface area contributed by atoms with Crippen molar-refractivity contribution >= 4 is 22.0 Å². The molecule has 0 amide bonds. The first-order chi connectivity index (χ1) is 9.36. The molecule has 2 atom stereocenters. The van der Waals surface area contributed by atoms with Crippen LogP contribution in [0.15, 0.2) is 18.2 Å². The van der Waals surface area contributed by atoms with Gasteiger partial charge >= 0.3 is 7.12 Å². The molecule has 20 heavy (non-hydrogen) atoms. The summed E-state index contributed by atoms with van der Waals surface area (Å²) in [5.41, 5.74) is 3.17. The minimum absolute atomic E-state index is 0.178. The van der Waals surface area contributed by atoms with Crippen LogP contribution in [0.4, 0.5) is 0 Å². The van der Waals surface area contributed by atoms with Crippen molar-refractivity contribution in [3.8, 4) is 0 Å². The summed E-state index contributed by atoms with van der Waals surface area (Å²) in [7, 11) is 2.10. The van der Waals surface area contributed by atoms with Crippen LogP contribution in [0, 0.1) is 0 Å². The van der Waals surface area contributed by atoms with Crippen LogP contribution in [0.5, 0.6) is 0 Å². The lowest BCUT2D eigenvalue weighted by molar-refractivity contribution is 0.00578. The lowest BCUT2D eigenvalue weighted by atomic mass is 9.75. The van der Waals surface area contributed by atoms with E-state index in [0.717, 1.165) is 18.3 Å². The number of hydrogen-bond acceptors (Lipinski definition) is 3. The fraction of sp³-hybridized carbons (Fsp3) is 0.600. The second-order valence-electron chi connectivity index (χ2n) is 6.67. The molecule has 1 aliphatic heterocycles. The molecule has 0 radical (unpaired) electrons. The maximum atomic E-state index is 6.18. The van der Waals surface area contributed by atoms with E-state index in [1.807, 2.05) is 0 Å². The second-order valence-corrected chi connectivity index (χ2v) is 6.94. The molecule has 1 heterocycles. The zero-order valence-corrected chi connectivity index (χ0v) is 13.8. The standard InChI is InChI=1S/C15H22BO3P/c1-14(2)15(3,4)19-16(18-14)12-7-5-6-11-10(12)8-9-13(11)17-20/h5-7,13H,8-9,20H2,1-4H3. The molecule has 1 aromatic carbocycles. The summed E-state index contributed by atoms with van der Waals surface area (Å²) in [5, 5.41) is 0. The first kappa shape index (κ1) is 14.5. The van der Waals surface area contributed by atoms with Crippen LogP contribution in [-0.4, -0.2) is 18.3 Å². The van der Waals surface area contributed by atoms with Gasteiger partial charge in [0.2, 0.25) is 0 Å². The fourth-order valence-corrected chi connectivity index (χ4v) is 3.26. The lowest BCUT2D eigenvalue weighted by Gasteiger charge is -2.32. The predicted molar refractivity (Wildman–Crippen MR) is 84.0 cm³/mol. The predicted octanol–water partition coefficient (Wildman–Crippen LogP) is 2.78. The van der Waals surface area contributed by atoms with Crippen LogP contribution in [0.25, 0.3) is 0 Å². The number of rotatable bonds is 2. The Morgan fingerprint density at radius 3 is 2.45 bits per heavy atom. The van der Waals surface area contributed by atoms with Crippen LogP contribution in [-0.2, 0) is 20.3 Å². The van der Waals surface area contributed by atoms with Crippen molar-refractivity contribution in [1.82, 2.24) is 0 Å². The Balaban J connectivity index is 1.96. The molecule has 0 N–H and O–H groups in total. The van der Waals surface area contributed by atoms with Crippen LogP contribution in [0.1, 0.15) is 51.3 Å². The summed E-state index contributed by atoms with van der Waals surface area (Å²) in [4.78, 5) is 0. The molecule has 1 fully saturated rings. The summed E-state index contributed by atoms with van der Waals surface area (Å²) in [6.07, 6.45) is 2.22. The molecule has 0 bridgehead atoms. The average Bonchev–Trinajstić information content (AvgIpc) is 2.88. The quantitative estimate of drug-likeness (QED) is 0.619. The van der Waals surface area contributed by atoms with Gasteiger partial charge in [-0.05, 0) is 57.1 Å². The van der Waals surface area contributed by atoms with Crippen LogP contribution in [0.3, 0.4) is 0 Å². The molecule has 3 nitrogen and oxygen atoms in total. The summed E-state index contributed by atoms with van der Waals surface area (Å²) >= 11 is 0. The van der Waals surface area contributed by atoms with Crippen molar-refractivity contribution in [2.45, 2.75) is 57.8 Å². The molecule has 0 spiro atoms. The van der Waals surface area contributed by atoms with Crippen molar-refractivity contribution in [2.24, 2.45) is 0 Å². The van der Waals surface area contributed by atoms with E-state index in [1.54, 1.807) is 0 Å². The Bertz CT molecular complexity index is 514. The van der Waals surface area contributed by atoms with Crippen LogP contribution in [0.2, 0.25) is 0 Å². The van der Waals surface area contributed by atoms with Gasteiger partial charge in [-0.2, -0.15) is 0 Å². The summed E-state index contributed by atoms with van der Waals surface area (Å²) in [5.74, 6) is 0. The highest BCUT2D eigenvalue weighted by molar-refractivity contribution is 7.09. The highest BCUT2D eigenvalue weighted by Gasteiger charge is 2.52.